The molecule has 1 N–H and O–H groups in total. The normalized spacial score (nSPS) is 11.5. The predicted octanol–water partition coefficient (Wildman–Crippen LogP) is 1.53. The van der Waals surface area contributed by atoms with Crippen molar-refractivity contribution in [2.75, 3.05) is 7.11 Å². The molecule has 0 aliphatic heterocycles. The van der Waals surface area contributed by atoms with Crippen molar-refractivity contribution in [1.29, 1.82) is 0 Å². The number of methoxy groups -OCH3 is 1. The summed E-state index contributed by atoms with van der Waals surface area (Å²) < 4.78 is 44.3. The molecular weight excluding hydrogens is 303 g/mol. The van der Waals surface area contributed by atoms with E-state index in [2.05, 4.69) is 16.4 Å². The van der Waals surface area contributed by atoms with Crippen LogP contribution >= 0.6 is 0 Å². The minimum atomic E-state index is -4.54. The first-order valence-corrected chi connectivity index (χ1v) is 5.81. The molecule has 2 rings (SSSR count). The summed E-state index contributed by atoms with van der Waals surface area (Å²) in [5.41, 5.74) is -0.829. The Kier molecular flexibility index (Phi) is 4.03. The number of hydrogen-bond donors (Lipinski definition) is 1. The molecule has 0 saturated heterocycles. The van der Waals surface area contributed by atoms with Gasteiger partial charge in [-0.25, -0.2) is 4.79 Å². The molecule has 0 radical (unpaired) electrons. The molecule has 0 saturated carbocycles. The van der Waals surface area contributed by atoms with E-state index in [9.17, 15) is 18.0 Å². The number of nitrogens with zero attached hydrogens (tertiary/aromatic N) is 3. The number of hydrogen-bond acceptors (Lipinski definition) is 3. The summed E-state index contributed by atoms with van der Waals surface area (Å²) in [4.78, 5) is 14.1. The fourth-order valence-corrected chi connectivity index (χ4v) is 1.58. The van der Waals surface area contributed by atoms with E-state index in [-0.39, 0.29) is 17.1 Å². The van der Waals surface area contributed by atoms with Gasteiger partial charge in [-0.3, -0.25) is 0 Å². The Balaban J connectivity index is 2.42. The second kappa shape index (κ2) is 5.77. The van der Waals surface area contributed by atoms with Crippen molar-refractivity contribution < 1.29 is 32.8 Å². The summed E-state index contributed by atoms with van der Waals surface area (Å²) >= 11 is 0. The van der Waals surface area contributed by atoms with Crippen LogP contribution in [0.5, 0.6) is 5.75 Å². The SMILES string of the molecule is COc1cc(-c2nn(/C=C\C(=O)O)c#[n+]2)cc(C(F)(F)F)c1. The lowest BCUT2D eigenvalue weighted by molar-refractivity contribution is -0.280. The Labute approximate surface area is 122 Å². The fraction of sp³-hybridized carbons (Fsp3) is 0.154. The second-order valence-corrected chi connectivity index (χ2v) is 4.08. The number of carbonyl (C=O) groups is 1. The van der Waals surface area contributed by atoms with Crippen LogP contribution < -0.4 is 9.72 Å². The van der Waals surface area contributed by atoms with Gasteiger partial charge in [-0.2, -0.15) is 18.2 Å². The van der Waals surface area contributed by atoms with Crippen LogP contribution in [0.25, 0.3) is 17.6 Å². The number of carboxylic acids is 1. The zero-order valence-electron chi connectivity index (χ0n) is 11.1. The van der Waals surface area contributed by atoms with Gasteiger partial charge >= 0.3 is 24.3 Å². The second-order valence-electron chi connectivity index (χ2n) is 4.08. The predicted molar refractivity (Wildman–Crippen MR) is 66.6 cm³/mol. The fourth-order valence-electron chi connectivity index (χ4n) is 1.58. The molecule has 0 amide bonds. The van der Waals surface area contributed by atoms with E-state index >= 15 is 0 Å². The van der Waals surface area contributed by atoms with E-state index in [4.69, 9.17) is 9.84 Å². The zero-order valence-corrected chi connectivity index (χ0v) is 11.1. The Bertz CT molecular complexity index is 723. The van der Waals surface area contributed by atoms with Crippen LogP contribution in [-0.2, 0) is 11.0 Å². The van der Waals surface area contributed by atoms with E-state index in [1.165, 1.54) is 13.2 Å². The standard InChI is InChI=1S/C13H8F3N3O3/c1-22-10-5-8(4-9(6-10)13(14,15)16)12-17-7-19(18-12)3-2-11(20)21/h2-6H,1H3/p+1/b3-2-. The van der Waals surface area contributed by atoms with Crippen molar-refractivity contribution >= 4 is 12.2 Å². The number of aliphatic carboxylic acids is 1. The van der Waals surface area contributed by atoms with Gasteiger partial charge in [0.15, 0.2) is 0 Å². The molecule has 22 heavy (non-hydrogen) atoms. The highest BCUT2D eigenvalue weighted by atomic mass is 19.4. The molecule has 9 heteroatoms. The first-order valence-electron chi connectivity index (χ1n) is 5.81. The molecule has 6 nitrogen and oxygen atoms in total. The van der Waals surface area contributed by atoms with Crippen molar-refractivity contribution in [2.24, 2.45) is 0 Å². The van der Waals surface area contributed by atoms with Crippen LogP contribution in [0.1, 0.15) is 5.56 Å². The third kappa shape index (κ3) is 3.54. The van der Waals surface area contributed by atoms with E-state index in [1.807, 2.05) is 0 Å². The van der Waals surface area contributed by atoms with Gasteiger partial charge in [0.05, 0.1) is 29.4 Å². The molecule has 1 heterocycles. The molecule has 1 aromatic carbocycles. The molecule has 0 unspecified atom stereocenters. The summed E-state index contributed by atoms with van der Waals surface area (Å²) in [5.74, 6) is -1.24. The van der Waals surface area contributed by atoms with Crippen LogP contribution in [0.3, 0.4) is 0 Å². The van der Waals surface area contributed by atoms with Crippen LogP contribution in [0.2, 0.25) is 0 Å². The first-order chi connectivity index (χ1) is 10.3. The summed E-state index contributed by atoms with van der Waals surface area (Å²) in [7, 11) is 1.24. The summed E-state index contributed by atoms with van der Waals surface area (Å²) in [6.07, 6.45) is -0.352. The number of aromatic nitrogens is 3. The van der Waals surface area contributed by atoms with Gasteiger partial charge in [0, 0.05) is 0 Å². The van der Waals surface area contributed by atoms with Crippen molar-refractivity contribution in [3.63, 3.8) is 0 Å². The van der Waals surface area contributed by atoms with Crippen LogP contribution in [0, 0.1) is 6.33 Å². The Morgan fingerprint density at radius 3 is 2.77 bits per heavy atom. The quantitative estimate of drug-likeness (QED) is 0.866. The van der Waals surface area contributed by atoms with Crippen molar-refractivity contribution in [3.05, 3.63) is 36.2 Å². The minimum Gasteiger partial charge on any atom is -0.497 e. The monoisotopic (exact) mass is 312 g/mol. The van der Waals surface area contributed by atoms with Gasteiger partial charge in [-0.15, -0.1) is 0 Å². The Hall–Kier alpha value is -3.02. The van der Waals surface area contributed by atoms with E-state index in [0.717, 1.165) is 29.1 Å². The lowest BCUT2D eigenvalue weighted by Gasteiger charge is -2.08. The lowest BCUT2D eigenvalue weighted by atomic mass is 10.1. The molecule has 0 aliphatic carbocycles. The third-order valence-corrected chi connectivity index (χ3v) is 2.55. The van der Waals surface area contributed by atoms with Crippen LogP contribution in [-0.4, -0.2) is 28.0 Å². The average molecular weight is 312 g/mol. The lowest BCUT2D eigenvalue weighted by Crippen LogP contribution is -2.06. The van der Waals surface area contributed by atoms with Crippen molar-refractivity contribution in [2.45, 2.75) is 6.18 Å². The largest absolute Gasteiger partial charge is 0.497 e. The van der Waals surface area contributed by atoms with Gasteiger partial charge in [0.1, 0.15) is 11.9 Å². The number of halogens is 3. The molecule has 0 fully saturated rings. The minimum absolute atomic E-state index is 0.00209. The maximum atomic E-state index is 12.8. The first kappa shape index (κ1) is 15.4. The van der Waals surface area contributed by atoms with Gasteiger partial charge in [0.25, 0.3) is 0 Å². The average Bonchev–Trinajstić information content (AvgIpc) is 2.92. The Morgan fingerprint density at radius 1 is 1.45 bits per heavy atom. The summed E-state index contributed by atoms with van der Waals surface area (Å²) in [5, 5.41) is 12.3. The molecule has 114 valence electrons. The number of rotatable bonds is 4. The van der Waals surface area contributed by atoms with E-state index in [0.29, 0.717) is 0 Å². The molecule has 2 aromatic rings. The summed E-state index contributed by atoms with van der Waals surface area (Å²) in [6.45, 7) is 0. The zero-order chi connectivity index (χ0) is 16.3. The van der Waals surface area contributed by atoms with Crippen LogP contribution in [0.15, 0.2) is 24.3 Å². The highest BCUT2D eigenvalue weighted by molar-refractivity contribution is 5.82. The van der Waals surface area contributed by atoms with E-state index < -0.39 is 17.7 Å². The number of carboxylic acid groups (broad SMARTS) is 1. The Morgan fingerprint density at radius 2 is 2.18 bits per heavy atom. The maximum absolute atomic E-state index is 12.8. The number of ether oxygens (including phenoxy) is 1. The molecule has 1 aromatic heterocycles. The smallest absolute Gasteiger partial charge is 0.416 e. The van der Waals surface area contributed by atoms with Crippen molar-refractivity contribution in [3.8, 4) is 17.1 Å². The maximum Gasteiger partial charge on any atom is 0.416 e. The van der Waals surface area contributed by atoms with Gasteiger partial charge in [-0.05, 0) is 22.9 Å². The highest BCUT2D eigenvalue weighted by Crippen LogP contribution is 2.34. The molecule has 0 bridgehead atoms. The summed E-state index contributed by atoms with van der Waals surface area (Å²) in [6, 6.07) is 3.06. The van der Waals surface area contributed by atoms with Gasteiger partial charge in [-0.1, -0.05) is 0 Å². The van der Waals surface area contributed by atoms with Gasteiger partial charge in [0.2, 0.25) is 0 Å². The number of benzene rings is 1. The van der Waals surface area contributed by atoms with Crippen LogP contribution in [0.4, 0.5) is 13.2 Å². The van der Waals surface area contributed by atoms with Gasteiger partial charge < -0.3 is 9.84 Å². The van der Waals surface area contributed by atoms with Crippen molar-refractivity contribution in [1.82, 2.24) is 9.78 Å². The van der Waals surface area contributed by atoms with E-state index in [1.54, 1.807) is 0 Å². The third-order valence-electron chi connectivity index (χ3n) is 2.55. The molecular formula is C13H9F3N3O3+. The topological polar surface area (TPSA) is 78.5 Å². The molecule has 0 atom stereocenters. The highest BCUT2D eigenvalue weighted by Gasteiger charge is 2.32. The molecule has 0 spiro atoms. The molecule has 0 aliphatic rings. The number of alkyl halides is 3.